The van der Waals surface area contributed by atoms with Crippen molar-refractivity contribution in [3.8, 4) is 0 Å². The van der Waals surface area contributed by atoms with Crippen LogP contribution in [0.4, 0.5) is 4.79 Å². The van der Waals surface area contributed by atoms with Crippen LogP contribution >= 0.6 is 0 Å². The molecule has 0 rings (SSSR count). The average molecular weight is 156 g/mol. The van der Waals surface area contributed by atoms with Crippen molar-refractivity contribution in [2.45, 2.75) is 26.4 Å². The van der Waals surface area contributed by atoms with E-state index < -0.39 is 4.87 Å². The quantitative estimate of drug-likeness (QED) is 0.496. The van der Waals surface area contributed by atoms with Crippen LogP contribution in [0.5, 0.6) is 0 Å². The summed E-state index contributed by atoms with van der Waals surface area (Å²) < 4.78 is 4.72. The Morgan fingerprint density at radius 2 is 1.88 bits per heavy atom. The normalized spacial score (nSPS) is 11.0. The summed E-state index contributed by atoms with van der Waals surface area (Å²) in [6.45, 7) is 5.44. The Labute approximate surface area is 57.4 Å². The zero-order valence-corrected chi connectivity index (χ0v) is 6.37. The van der Waals surface area contributed by atoms with Crippen LogP contribution in [0, 0.1) is 0 Å². The predicted molar refractivity (Wildman–Crippen MR) is 26.2 cm³/mol. The number of carbonyl (C=O) groups is 1. The SMILES string of the molecule is CC(C)(C)O[C](=O)[Mn]. The first-order valence-electron chi connectivity index (χ1n) is 2.30. The molecule has 48 valence electrons. The second-order valence-electron chi connectivity index (χ2n) is 2.45. The minimum atomic E-state index is -0.412. The molecule has 0 spiro atoms. The van der Waals surface area contributed by atoms with Gasteiger partial charge in [0.1, 0.15) is 0 Å². The summed E-state index contributed by atoms with van der Waals surface area (Å²) in [6.07, 6.45) is 0. The molecule has 0 bridgehead atoms. The van der Waals surface area contributed by atoms with E-state index in [2.05, 4.69) is 16.0 Å². The summed E-state index contributed by atoms with van der Waals surface area (Å²) in [5, 5.41) is 0. The van der Waals surface area contributed by atoms with E-state index in [1.54, 1.807) is 0 Å². The average Bonchev–Trinajstić information content (AvgIpc) is 1.21. The molecule has 3 heteroatoms. The molecule has 0 radical (unpaired) electrons. The molecule has 0 aromatic heterocycles. The number of hydrogen-bond acceptors (Lipinski definition) is 2. The Kier molecular flexibility index (Phi) is 2.51. The molecule has 0 heterocycles. The van der Waals surface area contributed by atoms with Gasteiger partial charge in [0.05, 0.1) is 0 Å². The maximum absolute atomic E-state index is 10.2. The molecule has 0 atom stereocenters. The van der Waals surface area contributed by atoms with Crippen LogP contribution in [0.15, 0.2) is 0 Å². The van der Waals surface area contributed by atoms with Crippen molar-refractivity contribution in [1.29, 1.82) is 0 Å². The first-order chi connectivity index (χ1) is 3.42. The van der Waals surface area contributed by atoms with Crippen molar-refractivity contribution < 1.29 is 25.5 Å². The van der Waals surface area contributed by atoms with Crippen LogP contribution in [-0.4, -0.2) is 10.5 Å². The Morgan fingerprint density at radius 3 is 1.88 bits per heavy atom. The fourth-order valence-electron chi connectivity index (χ4n) is 0.241. The maximum atomic E-state index is 10.2. The number of rotatable bonds is 0. The van der Waals surface area contributed by atoms with Crippen molar-refractivity contribution in [3.05, 3.63) is 0 Å². The van der Waals surface area contributed by atoms with E-state index in [1.807, 2.05) is 20.8 Å². The van der Waals surface area contributed by atoms with Gasteiger partial charge in [-0.05, 0) is 0 Å². The minimum absolute atomic E-state index is 0.374. The summed E-state index contributed by atoms with van der Waals surface area (Å²) >= 11 is 2.65. The van der Waals surface area contributed by atoms with Gasteiger partial charge in [-0.3, -0.25) is 0 Å². The van der Waals surface area contributed by atoms with Gasteiger partial charge in [-0.2, -0.15) is 0 Å². The van der Waals surface area contributed by atoms with E-state index in [1.165, 1.54) is 0 Å². The van der Waals surface area contributed by atoms with Crippen molar-refractivity contribution in [2.24, 2.45) is 0 Å². The van der Waals surface area contributed by atoms with Crippen molar-refractivity contribution >= 4 is 4.87 Å². The standard InChI is InChI=1S/C5H9O2.Mn/c1-5(2,3)7-4-6;/h1-3H3;. The Bertz CT molecular complexity index is 93.1. The zero-order valence-electron chi connectivity index (χ0n) is 5.19. The Hall–Kier alpha value is -0.0105. The Balaban J connectivity index is 3.55. The number of carbonyl (C=O) groups excluding carboxylic acids is 1. The third-order valence-electron chi connectivity index (χ3n) is 0.386. The number of hydrogen-bond donors (Lipinski definition) is 0. The molecule has 8 heavy (non-hydrogen) atoms. The predicted octanol–water partition coefficient (Wildman–Crippen LogP) is 1.47. The molecule has 0 N–H and O–H groups in total. The van der Waals surface area contributed by atoms with Gasteiger partial charge in [0.15, 0.2) is 0 Å². The van der Waals surface area contributed by atoms with Gasteiger partial charge in [0.25, 0.3) is 0 Å². The molecule has 0 amide bonds. The topological polar surface area (TPSA) is 26.3 Å². The van der Waals surface area contributed by atoms with Gasteiger partial charge >= 0.3 is 56.8 Å². The van der Waals surface area contributed by atoms with E-state index >= 15 is 0 Å². The summed E-state index contributed by atoms with van der Waals surface area (Å²) in [5.74, 6) is 0. The fraction of sp³-hybridized carbons (Fsp3) is 0.800. The van der Waals surface area contributed by atoms with Crippen molar-refractivity contribution in [3.63, 3.8) is 0 Å². The summed E-state index contributed by atoms with van der Waals surface area (Å²) in [6, 6.07) is 0. The molecular weight excluding hydrogens is 147 g/mol. The molecule has 0 saturated carbocycles. The molecule has 0 fully saturated rings. The zero-order chi connectivity index (χ0) is 6.78. The summed E-state index contributed by atoms with van der Waals surface area (Å²) in [7, 11) is 0. The van der Waals surface area contributed by atoms with Crippen LogP contribution < -0.4 is 0 Å². The molecule has 0 aliphatic carbocycles. The second-order valence-corrected chi connectivity index (χ2v) is 2.93. The summed E-state index contributed by atoms with van der Waals surface area (Å²) in [5.41, 5.74) is -0.374. The molecule has 0 aromatic rings. The molecule has 0 unspecified atom stereocenters. The molecule has 0 saturated heterocycles. The van der Waals surface area contributed by atoms with Crippen LogP contribution in [0.25, 0.3) is 0 Å². The van der Waals surface area contributed by atoms with Crippen LogP contribution in [0.3, 0.4) is 0 Å². The van der Waals surface area contributed by atoms with Gasteiger partial charge < -0.3 is 0 Å². The Morgan fingerprint density at radius 1 is 1.50 bits per heavy atom. The van der Waals surface area contributed by atoms with Gasteiger partial charge in [0.2, 0.25) is 0 Å². The van der Waals surface area contributed by atoms with E-state index in [-0.39, 0.29) is 5.60 Å². The van der Waals surface area contributed by atoms with Crippen LogP contribution in [0.2, 0.25) is 0 Å². The first kappa shape index (κ1) is 7.99. The second kappa shape index (κ2) is 2.51. The third-order valence-corrected chi connectivity index (χ3v) is 0.507. The van der Waals surface area contributed by atoms with Crippen LogP contribution in [0.1, 0.15) is 20.8 Å². The van der Waals surface area contributed by atoms with E-state index in [0.717, 1.165) is 0 Å². The molecule has 2 nitrogen and oxygen atoms in total. The van der Waals surface area contributed by atoms with Gasteiger partial charge in [-0.1, -0.05) is 0 Å². The molecule has 0 aliphatic rings. The monoisotopic (exact) mass is 156 g/mol. The van der Waals surface area contributed by atoms with Crippen molar-refractivity contribution in [2.75, 3.05) is 0 Å². The van der Waals surface area contributed by atoms with Crippen LogP contribution in [-0.2, 0) is 20.7 Å². The van der Waals surface area contributed by atoms with Gasteiger partial charge in [0, 0.05) is 0 Å². The van der Waals surface area contributed by atoms with Crippen molar-refractivity contribution in [1.82, 2.24) is 0 Å². The summed E-state index contributed by atoms with van der Waals surface area (Å²) in [4.78, 5) is 9.74. The first-order valence-corrected chi connectivity index (χ1v) is 2.89. The molecular formula is C5H9MnO2. The van der Waals surface area contributed by atoms with E-state index in [0.29, 0.717) is 0 Å². The molecule has 0 aromatic carbocycles. The van der Waals surface area contributed by atoms with Gasteiger partial charge in [-0.25, -0.2) is 0 Å². The fourth-order valence-corrected chi connectivity index (χ4v) is 0.602. The van der Waals surface area contributed by atoms with Gasteiger partial charge in [-0.15, -0.1) is 0 Å². The third kappa shape index (κ3) is 5.99. The van der Waals surface area contributed by atoms with E-state index in [4.69, 9.17) is 4.74 Å². The molecule has 0 aliphatic heterocycles. The number of ether oxygens (including phenoxy) is 1. The van der Waals surface area contributed by atoms with E-state index in [9.17, 15) is 4.79 Å².